The van der Waals surface area contributed by atoms with Gasteiger partial charge in [0.2, 0.25) is 20.4 Å². The Morgan fingerprint density at radius 1 is 0.487 bits per heavy atom. The van der Waals surface area contributed by atoms with Crippen molar-refractivity contribution >= 4 is 119 Å². The van der Waals surface area contributed by atoms with Gasteiger partial charge in [-0.1, -0.05) is 107 Å². The van der Waals surface area contributed by atoms with Gasteiger partial charge in [0.25, 0.3) is 0 Å². The van der Waals surface area contributed by atoms with E-state index in [9.17, 15) is 0 Å². The van der Waals surface area contributed by atoms with Crippen LogP contribution in [0.4, 0.5) is 0 Å². The molecule has 4 aliphatic rings. The van der Waals surface area contributed by atoms with E-state index in [0.29, 0.717) is 48.3 Å². The van der Waals surface area contributed by atoms with E-state index >= 15 is 0 Å². The number of nitrogens with zero attached hydrogens (tertiary/aromatic N) is 12. The molecule has 12 aromatic heterocycles. The smallest absolute Gasteiger partial charge is 0.339 e. The SMILES string of the molecule is Cn1c2ccccc2c2sc3[n+](c21)Cc1cccnc1-3.[2H]C([2H])([2H])[n+]1c2n(c3c4ccccc4oc31)Cc1cccnc1-2.[2H]C([2H])([2H])[n+]1c2n(c3c4ccccc4sc31)Cc1cccnc1-2.[2H]C([2H])([2H])n1c2ccccc2c2sc3[n+](c21)Cc1cccnc1-3. The molecule has 0 saturated heterocycles. The number of fused-ring (bicyclic) bond motifs is 28. The van der Waals surface area contributed by atoms with Crippen LogP contribution in [-0.2, 0) is 54.2 Å². The number of pyridine rings is 4. The van der Waals surface area contributed by atoms with Gasteiger partial charge in [0.05, 0.1) is 45.7 Å². The average Bonchev–Trinajstić information content (AvgIpc) is 1.58. The van der Waals surface area contributed by atoms with Crippen LogP contribution in [0.25, 0.3) is 130 Å². The van der Waals surface area contributed by atoms with E-state index in [2.05, 4.69) is 87.7 Å². The maximum absolute atomic E-state index is 8.02. The third-order valence-corrected chi connectivity index (χ3v) is 19.5. The summed E-state index contributed by atoms with van der Waals surface area (Å²) in [5.74, 6) is 1.27. The molecule has 384 valence electrons. The lowest BCUT2D eigenvalue weighted by Gasteiger charge is -1.93. The van der Waals surface area contributed by atoms with Crippen LogP contribution in [0.1, 0.15) is 34.6 Å². The van der Waals surface area contributed by atoms with Gasteiger partial charge in [0, 0.05) is 67.9 Å². The molecular formula is C64H48N12OS3+4. The lowest BCUT2D eigenvalue weighted by Crippen LogP contribution is -2.32. The zero-order valence-electron chi connectivity index (χ0n) is 51.5. The van der Waals surface area contributed by atoms with E-state index in [0.717, 1.165) is 97.9 Å². The fourth-order valence-electron chi connectivity index (χ4n) is 12.4. The molecule has 13 nitrogen and oxygen atoms in total. The molecule has 4 aromatic carbocycles. The molecule has 80 heavy (non-hydrogen) atoms. The minimum atomic E-state index is -2.34. The Kier molecular flexibility index (Phi) is 8.05. The molecule has 0 bridgehead atoms. The van der Waals surface area contributed by atoms with E-state index in [-0.39, 0.29) is 0 Å². The van der Waals surface area contributed by atoms with Crippen LogP contribution in [-0.4, -0.2) is 38.2 Å². The molecule has 16 heterocycles. The first-order chi connectivity index (χ1) is 43.0. The fourth-order valence-corrected chi connectivity index (χ4v) is 16.2. The van der Waals surface area contributed by atoms with Crippen molar-refractivity contribution in [1.82, 2.24) is 38.2 Å². The average molecular weight is 1110 g/mol. The first kappa shape index (κ1) is 37.6. The van der Waals surface area contributed by atoms with E-state index in [1.807, 2.05) is 125 Å². The van der Waals surface area contributed by atoms with Crippen LogP contribution < -0.4 is 18.3 Å². The molecule has 0 N–H and O–H groups in total. The predicted octanol–water partition coefficient (Wildman–Crippen LogP) is 11.9. The van der Waals surface area contributed by atoms with Gasteiger partial charge in [-0.25, -0.2) is 41.9 Å². The zero-order valence-corrected chi connectivity index (χ0v) is 44.9. The fraction of sp³-hybridized carbons (Fsp3) is 0.125. The Hall–Kier alpha value is -9.22. The molecule has 16 heteroatoms. The minimum Gasteiger partial charge on any atom is -0.419 e. The summed E-state index contributed by atoms with van der Waals surface area (Å²) in [5.41, 5.74) is 15.2. The molecule has 0 radical (unpaired) electrons. The summed E-state index contributed by atoms with van der Waals surface area (Å²) in [7, 11) is 2.15. The van der Waals surface area contributed by atoms with Crippen molar-refractivity contribution in [2.45, 2.75) is 26.2 Å². The van der Waals surface area contributed by atoms with E-state index in [1.54, 1.807) is 29.9 Å². The van der Waals surface area contributed by atoms with Crippen molar-refractivity contribution in [2.24, 2.45) is 28.0 Å². The third-order valence-electron chi connectivity index (χ3n) is 15.9. The minimum absolute atomic E-state index is 0.373. The summed E-state index contributed by atoms with van der Waals surface area (Å²) in [4.78, 5) is 18.7. The van der Waals surface area contributed by atoms with Crippen molar-refractivity contribution in [3.05, 3.63) is 193 Å². The predicted molar refractivity (Wildman–Crippen MR) is 318 cm³/mol. The number of aromatic nitrogens is 12. The van der Waals surface area contributed by atoms with Crippen molar-refractivity contribution in [2.75, 3.05) is 0 Å². The quantitative estimate of drug-likeness (QED) is 0.141. The summed E-state index contributed by atoms with van der Waals surface area (Å²) in [5, 5.41) is 6.67. The van der Waals surface area contributed by atoms with Gasteiger partial charge in [-0.05, 0) is 72.8 Å². The molecular weight excluding hydrogens is 1050 g/mol. The highest BCUT2D eigenvalue weighted by Gasteiger charge is 2.39. The lowest BCUT2D eigenvalue weighted by molar-refractivity contribution is -0.644. The molecule has 20 rings (SSSR count). The van der Waals surface area contributed by atoms with Crippen LogP contribution in [0.3, 0.4) is 0 Å². The van der Waals surface area contributed by atoms with E-state index in [4.69, 9.17) is 16.8 Å². The van der Waals surface area contributed by atoms with Gasteiger partial charge in [0.15, 0.2) is 16.9 Å². The largest absolute Gasteiger partial charge is 0.419 e. The van der Waals surface area contributed by atoms with Crippen molar-refractivity contribution in [3.63, 3.8) is 0 Å². The monoisotopic (exact) mass is 1110 g/mol. The Morgan fingerprint density at radius 2 is 0.988 bits per heavy atom. The van der Waals surface area contributed by atoms with Gasteiger partial charge in [-0.3, -0.25) is 9.97 Å². The molecule has 0 atom stereocenters. The molecule has 4 aliphatic heterocycles. The second-order valence-corrected chi connectivity index (χ2v) is 23.3. The number of hydrogen-bond donors (Lipinski definition) is 0. The maximum atomic E-state index is 8.02. The van der Waals surface area contributed by atoms with Gasteiger partial charge in [-0.2, -0.15) is 4.57 Å². The van der Waals surface area contributed by atoms with Gasteiger partial charge >= 0.3 is 28.7 Å². The molecule has 0 saturated carbocycles. The highest BCUT2D eigenvalue weighted by molar-refractivity contribution is 7.25. The molecule has 0 spiro atoms. The van der Waals surface area contributed by atoms with E-state index < -0.39 is 20.9 Å². The first-order valence-electron chi connectivity index (χ1n) is 30.6. The number of furan rings is 1. The van der Waals surface area contributed by atoms with E-state index in [1.165, 1.54) is 56.9 Å². The molecule has 0 fully saturated rings. The topological polar surface area (TPSA) is 99.9 Å². The van der Waals surface area contributed by atoms with Crippen LogP contribution in [0.5, 0.6) is 0 Å². The zero-order chi connectivity index (χ0) is 60.6. The van der Waals surface area contributed by atoms with Gasteiger partial charge in [-0.15, -0.1) is 0 Å². The maximum Gasteiger partial charge on any atom is 0.339 e. The highest BCUT2D eigenvalue weighted by atomic mass is 32.1. The third kappa shape index (κ3) is 6.37. The van der Waals surface area contributed by atoms with Gasteiger partial charge < -0.3 is 4.42 Å². The Morgan fingerprint density at radius 3 is 1.60 bits per heavy atom. The van der Waals surface area contributed by atoms with Crippen molar-refractivity contribution in [3.8, 4) is 44.4 Å². The number of imidazole rings is 2. The summed E-state index contributed by atoms with van der Waals surface area (Å²) >= 11 is 5.01. The van der Waals surface area contributed by atoms with Crippen molar-refractivity contribution in [1.29, 1.82) is 0 Å². The number of rotatable bonds is 0. The molecule has 16 aromatic rings. The summed E-state index contributed by atoms with van der Waals surface area (Å²) < 4.78 is 96.4. The second kappa shape index (κ2) is 17.1. The normalized spacial score (nSPS) is 15.2. The highest BCUT2D eigenvalue weighted by Crippen LogP contribution is 2.42. The van der Waals surface area contributed by atoms with Gasteiger partial charge in [0.1, 0.15) is 63.6 Å². The lowest BCUT2D eigenvalue weighted by atomic mass is 10.2. The van der Waals surface area contributed by atoms with Crippen LogP contribution in [0.2, 0.25) is 0 Å². The first-order valence-corrected chi connectivity index (χ1v) is 28.5. The summed E-state index contributed by atoms with van der Waals surface area (Å²) in [6.07, 6.45) is 7.08. The Balaban J connectivity index is 0.0000000919. The molecule has 0 unspecified atom stereocenters. The number of benzene rings is 4. The second-order valence-electron chi connectivity index (χ2n) is 20.3. The molecule has 0 amide bonds. The molecule has 0 aliphatic carbocycles. The van der Waals surface area contributed by atoms with Crippen LogP contribution >= 0.6 is 34.0 Å². The number of para-hydroxylation sites is 3. The number of hydrogen-bond acceptors (Lipinski definition) is 8. The van der Waals surface area contributed by atoms with Crippen LogP contribution in [0.15, 0.2) is 175 Å². The number of aryl methyl sites for hydroxylation is 4. The number of thiazole rings is 2. The summed E-state index contributed by atoms with van der Waals surface area (Å²) in [6.45, 7) is -3.93. The summed E-state index contributed by atoms with van der Waals surface area (Å²) in [6, 6.07) is 47.9. The Bertz CT molecular complexity index is 5480. The number of thiophene rings is 1. The van der Waals surface area contributed by atoms with Crippen LogP contribution in [0, 0.1) is 0 Å². The Labute approximate surface area is 481 Å². The standard InChI is InChI=1S/C16H12N3O.3C16H12N3S/c1-18-15-13-10(5-4-8-17-13)9-19(15)14-11-6-2-3-7-12(11)20-16(14)18;2*1-18-12-7-3-2-6-11(12)14-15(18)19-9-10-5-4-8-17-13(10)16(19)20-14;1-18-15-13-10(5-4-8-17-13)9-19(15)14-11-6-2-3-7-12(11)20-16(14)18/h4*2-8H,9H2,1H3/q4*+1/i2*1D3;;1D3. The van der Waals surface area contributed by atoms with Crippen molar-refractivity contribution < 1.29 is 35.0 Å².